The Hall–Kier alpha value is -1.81. The minimum Gasteiger partial charge on any atom is -0.297 e. The molecule has 2 heterocycles. The molecule has 0 aliphatic carbocycles. The highest BCUT2D eigenvalue weighted by Crippen LogP contribution is 2.24. The molecule has 0 bridgehead atoms. The Labute approximate surface area is 136 Å². The molecule has 1 fully saturated rings. The highest BCUT2D eigenvalue weighted by Gasteiger charge is 2.21. The van der Waals surface area contributed by atoms with Gasteiger partial charge in [0.2, 0.25) is 0 Å². The van der Waals surface area contributed by atoms with Crippen molar-refractivity contribution in [2.24, 2.45) is 5.92 Å². The third kappa shape index (κ3) is 4.35. The Morgan fingerprint density at radius 1 is 1.09 bits per heavy atom. The Morgan fingerprint density at radius 3 is 2.65 bits per heavy atom. The summed E-state index contributed by atoms with van der Waals surface area (Å²) in [4.78, 5) is 6.77. The fourth-order valence-electron chi connectivity index (χ4n) is 3.37. The molecular formula is C19H22F2N2. The lowest BCUT2D eigenvalue weighted by atomic mass is 9.91. The van der Waals surface area contributed by atoms with Gasteiger partial charge in [-0.3, -0.25) is 9.88 Å². The number of halogens is 2. The molecule has 4 heteroatoms. The second-order valence-corrected chi connectivity index (χ2v) is 6.30. The first-order valence-corrected chi connectivity index (χ1v) is 8.27. The fourth-order valence-corrected chi connectivity index (χ4v) is 3.37. The molecule has 3 rings (SSSR count). The van der Waals surface area contributed by atoms with E-state index >= 15 is 0 Å². The van der Waals surface area contributed by atoms with Gasteiger partial charge in [-0.05, 0) is 62.4 Å². The van der Waals surface area contributed by atoms with E-state index in [0.717, 1.165) is 44.6 Å². The lowest BCUT2D eigenvalue weighted by molar-refractivity contribution is 0.160. The zero-order valence-corrected chi connectivity index (χ0v) is 13.2. The van der Waals surface area contributed by atoms with E-state index in [9.17, 15) is 8.78 Å². The summed E-state index contributed by atoms with van der Waals surface area (Å²) in [6, 6.07) is 10.1. The molecule has 2 nitrogen and oxygen atoms in total. The lowest BCUT2D eigenvalue weighted by Gasteiger charge is -2.32. The number of benzene rings is 1. The van der Waals surface area contributed by atoms with Crippen molar-refractivity contribution in [3.05, 3.63) is 65.5 Å². The molecule has 0 saturated carbocycles. The molecule has 1 aliphatic heterocycles. The number of pyridine rings is 1. The number of nitrogens with zero attached hydrogens (tertiary/aromatic N) is 2. The maximum atomic E-state index is 13.7. The Balaban J connectivity index is 1.55. The zero-order valence-electron chi connectivity index (χ0n) is 13.2. The van der Waals surface area contributed by atoms with Crippen LogP contribution in [0.5, 0.6) is 0 Å². The topological polar surface area (TPSA) is 16.1 Å². The number of rotatable bonds is 5. The van der Waals surface area contributed by atoms with Crippen molar-refractivity contribution in [3.63, 3.8) is 0 Å². The smallest absolute Gasteiger partial charge is 0.129 e. The maximum absolute atomic E-state index is 13.7. The van der Waals surface area contributed by atoms with Crippen molar-refractivity contribution in [2.75, 3.05) is 13.1 Å². The minimum absolute atomic E-state index is 0.231. The summed E-state index contributed by atoms with van der Waals surface area (Å²) >= 11 is 0. The fraction of sp³-hybridized carbons (Fsp3) is 0.421. The van der Waals surface area contributed by atoms with Crippen LogP contribution in [0.25, 0.3) is 0 Å². The maximum Gasteiger partial charge on any atom is 0.129 e. The highest BCUT2D eigenvalue weighted by molar-refractivity contribution is 5.19. The molecule has 23 heavy (non-hydrogen) atoms. The first-order valence-electron chi connectivity index (χ1n) is 8.27. The summed E-state index contributed by atoms with van der Waals surface area (Å²) in [5, 5.41) is 0. The molecule has 0 N–H and O–H groups in total. The molecular weight excluding hydrogens is 294 g/mol. The van der Waals surface area contributed by atoms with Gasteiger partial charge in [-0.15, -0.1) is 0 Å². The van der Waals surface area contributed by atoms with Gasteiger partial charge in [-0.25, -0.2) is 8.78 Å². The van der Waals surface area contributed by atoms with E-state index in [2.05, 4.69) is 9.88 Å². The molecule has 0 radical (unpaired) electrons. The second-order valence-electron chi connectivity index (χ2n) is 6.30. The summed E-state index contributed by atoms with van der Waals surface area (Å²) in [6.45, 7) is 2.90. The van der Waals surface area contributed by atoms with Crippen LogP contribution in [-0.4, -0.2) is 23.0 Å². The van der Waals surface area contributed by atoms with Crippen LogP contribution in [0.15, 0.2) is 42.6 Å². The van der Waals surface area contributed by atoms with E-state index in [1.165, 1.54) is 18.2 Å². The van der Waals surface area contributed by atoms with Gasteiger partial charge in [0.1, 0.15) is 11.6 Å². The minimum atomic E-state index is -0.425. The van der Waals surface area contributed by atoms with Gasteiger partial charge < -0.3 is 0 Å². The SMILES string of the molecule is Fc1cccc(F)c1CC[C@H]1CCCN(Cc2ccccn2)C1. The molecule has 1 aromatic carbocycles. The van der Waals surface area contributed by atoms with Gasteiger partial charge in [0.05, 0.1) is 5.69 Å². The Bertz CT molecular complexity index is 610. The van der Waals surface area contributed by atoms with E-state index in [1.807, 2.05) is 24.4 Å². The van der Waals surface area contributed by atoms with Crippen LogP contribution in [0, 0.1) is 17.6 Å². The summed E-state index contributed by atoms with van der Waals surface area (Å²) < 4.78 is 27.4. The van der Waals surface area contributed by atoms with Crippen LogP contribution in [0.3, 0.4) is 0 Å². The molecule has 0 unspecified atom stereocenters. The average Bonchev–Trinajstić information content (AvgIpc) is 2.56. The van der Waals surface area contributed by atoms with E-state index in [4.69, 9.17) is 0 Å². The molecule has 1 aliphatic rings. The molecule has 0 spiro atoms. The van der Waals surface area contributed by atoms with Crippen LogP contribution >= 0.6 is 0 Å². The standard InChI is InChI=1S/C19H22F2N2/c20-18-7-3-8-19(21)17(18)10-9-15-5-4-12-23(13-15)14-16-6-1-2-11-22-16/h1-3,6-8,11,15H,4-5,9-10,12-14H2/t15-/m1/s1. The van der Waals surface area contributed by atoms with E-state index in [1.54, 1.807) is 0 Å². The van der Waals surface area contributed by atoms with Crippen molar-refractivity contribution < 1.29 is 8.78 Å². The first-order chi connectivity index (χ1) is 11.2. The molecule has 122 valence electrons. The lowest BCUT2D eigenvalue weighted by Crippen LogP contribution is -2.35. The molecule has 1 atom stereocenters. The first kappa shape index (κ1) is 16.1. The van der Waals surface area contributed by atoms with Crippen LogP contribution in [-0.2, 0) is 13.0 Å². The Kier molecular flexibility index (Phi) is 5.34. The third-order valence-corrected chi connectivity index (χ3v) is 4.58. The van der Waals surface area contributed by atoms with Gasteiger partial charge in [-0.2, -0.15) is 0 Å². The number of hydrogen-bond acceptors (Lipinski definition) is 2. The average molecular weight is 316 g/mol. The monoisotopic (exact) mass is 316 g/mol. The van der Waals surface area contributed by atoms with E-state index in [0.29, 0.717) is 12.3 Å². The van der Waals surface area contributed by atoms with Gasteiger partial charge in [-0.1, -0.05) is 12.1 Å². The van der Waals surface area contributed by atoms with E-state index in [-0.39, 0.29) is 5.56 Å². The van der Waals surface area contributed by atoms with Crippen molar-refractivity contribution in [2.45, 2.75) is 32.2 Å². The molecule has 1 saturated heterocycles. The van der Waals surface area contributed by atoms with Crippen LogP contribution in [0.2, 0.25) is 0 Å². The normalized spacial score (nSPS) is 19.0. The number of aromatic nitrogens is 1. The van der Waals surface area contributed by atoms with Crippen molar-refractivity contribution in [3.8, 4) is 0 Å². The van der Waals surface area contributed by atoms with Crippen molar-refractivity contribution >= 4 is 0 Å². The summed E-state index contributed by atoms with van der Waals surface area (Å²) in [7, 11) is 0. The second kappa shape index (κ2) is 7.64. The van der Waals surface area contributed by atoms with Gasteiger partial charge >= 0.3 is 0 Å². The van der Waals surface area contributed by atoms with Crippen molar-refractivity contribution in [1.82, 2.24) is 9.88 Å². The molecule has 0 amide bonds. The number of likely N-dealkylation sites (tertiary alicyclic amines) is 1. The summed E-state index contributed by atoms with van der Waals surface area (Å²) in [6.07, 6.45) is 5.39. The summed E-state index contributed by atoms with van der Waals surface area (Å²) in [5.74, 6) is -0.358. The van der Waals surface area contributed by atoms with Crippen LogP contribution in [0.4, 0.5) is 8.78 Å². The zero-order chi connectivity index (χ0) is 16.1. The molecule has 1 aromatic heterocycles. The van der Waals surface area contributed by atoms with Gasteiger partial charge in [0.25, 0.3) is 0 Å². The molecule has 2 aromatic rings. The predicted octanol–water partition coefficient (Wildman–Crippen LogP) is 4.20. The highest BCUT2D eigenvalue weighted by atomic mass is 19.1. The Morgan fingerprint density at radius 2 is 1.91 bits per heavy atom. The quantitative estimate of drug-likeness (QED) is 0.821. The third-order valence-electron chi connectivity index (χ3n) is 4.58. The predicted molar refractivity (Wildman–Crippen MR) is 86.9 cm³/mol. The van der Waals surface area contributed by atoms with Crippen LogP contribution in [0.1, 0.15) is 30.5 Å². The number of hydrogen-bond donors (Lipinski definition) is 0. The van der Waals surface area contributed by atoms with E-state index < -0.39 is 11.6 Å². The van der Waals surface area contributed by atoms with Gasteiger partial charge in [0.15, 0.2) is 0 Å². The van der Waals surface area contributed by atoms with Gasteiger partial charge in [0, 0.05) is 24.8 Å². The van der Waals surface area contributed by atoms with Crippen LogP contribution < -0.4 is 0 Å². The number of piperidine rings is 1. The largest absolute Gasteiger partial charge is 0.297 e. The van der Waals surface area contributed by atoms with Crippen molar-refractivity contribution in [1.29, 1.82) is 0 Å². The summed E-state index contributed by atoms with van der Waals surface area (Å²) in [5.41, 5.74) is 1.31.